The van der Waals surface area contributed by atoms with Crippen molar-refractivity contribution in [2.24, 2.45) is 0 Å². The molecule has 90 valence electrons. The van der Waals surface area contributed by atoms with E-state index in [0.717, 1.165) is 0 Å². The van der Waals surface area contributed by atoms with Crippen LogP contribution in [0.5, 0.6) is 0 Å². The number of aromatic nitrogens is 3. The average molecular weight is 227 g/mol. The average Bonchev–Trinajstić information content (AvgIpc) is 2.59. The van der Waals surface area contributed by atoms with E-state index in [2.05, 4.69) is 10.3 Å². The smallest absolute Gasteiger partial charge is 0.115 e. The van der Waals surface area contributed by atoms with Gasteiger partial charge in [0.25, 0.3) is 0 Å². The summed E-state index contributed by atoms with van der Waals surface area (Å²) in [6.45, 7) is 3.90. The molecule has 0 spiro atoms. The van der Waals surface area contributed by atoms with Gasteiger partial charge in [-0.3, -0.25) is 0 Å². The van der Waals surface area contributed by atoms with Gasteiger partial charge in [-0.15, -0.1) is 5.10 Å². The molecular weight excluding hydrogens is 210 g/mol. The maximum atomic E-state index is 9.63. The van der Waals surface area contributed by atoms with Gasteiger partial charge in [0.1, 0.15) is 12.7 Å². The van der Waals surface area contributed by atoms with E-state index in [9.17, 15) is 5.11 Å². The number of rotatable bonds is 6. The number of aryl methyl sites for hydroxylation is 1. The van der Waals surface area contributed by atoms with Crippen molar-refractivity contribution < 1.29 is 14.9 Å². The summed E-state index contributed by atoms with van der Waals surface area (Å²) in [5, 5.41) is 26.4. The second-order valence-electron chi connectivity index (χ2n) is 3.42. The van der Waals surface area contributed by atoms with Crippen molar-refractivity contribution in [2.75, 3.05) is 6.61 Å². The summed E-state index contributed by atoms with van der Waals surface area (Å²) in [4.78, 5) is 0. The van der Waals surface area contributed by atoms with E-state index in [-0.39, 0.29) is 19.8 Å². The first-order valence-corrected chi connectivity index (χ1v) is 5.09. The summed E-state index contributed by atoms with van der Waals surface area (Å²) in [5.41, 5.74) is 1.29. The van der Waals surface area contributed by atoms with E-state index in [0.29, 0.717) is 11.4 Å². The number of nitrogens with zero attached hydrogens (tertiary/aromatic N) is 3. The van der Waals surface area contributed by atoms with Crippen LogP contribution in [0.2, 0.25) is 0 Å². The van der Waals surface area contributed by atoms with Gasteiger partial charge in [-0.25, -0.2) is 4.68 Å². The van der Waals surface area contributed by atoms with E-state index >= 15 is 0 Å². The molecule has 0 fully saturated rings. The summed E-state index contributed by atoms with van der Waals surface area (Å²) in [6.07, 6.45) is 2.58. The molecule has 2 N–H and O–H groups in total. The molecule has 0 aliphatic rings. The minimum Gasteiger partial charge on any atom is -0.499 e. The van der Waals surface area contributed by atoms with Crippen LogP contribution in [0.1, 0.15) is 18.3 Å². The number of hydrogen-bond acceptors (Lipinski definition) is 5. The molecule has 1 heterocycles. The topological polar surface area (TPSA) is 80.4 Å². The standard InChI is InChI=1S/C10H17N3O3/c1-3-4-16-7-9(15)5-13-10(6-14)8(2)11-12-13/h3-4,9,14-15H,5-7H2,1-2H3/b4-3+. The molecule has 0 aliphatic carbocycles. The first-order valence-electron chi connectivity index (χ1n) is 5.09. The number of aliphatic hydroxyl groups is 2. The van der Waals surface area contributed by atoms with Crippen molar-refractivity contribution in [2.45, 2.75) is 33.1 Å². The maximum Gasteiger partial charge on any atom is 0.115 e. The Morgan fingerprint density at radius 3 is 2.94 bits per heavy atom. The zero-order valence-electron chi connectivity index (χ0n) is 9.50. The first kappa shape index (κ1) is 12.7. The van der Waals surface area contributed by atoms with Gasteiger partial charge in [-0.05, 0) is 13.8 Å². The highest BCUT2D eigenvalue weighted by Gasteiger charge is 2.12. The number of allylic oxidation sites excluding steroid dienone is 1. The largest absolute Gasteiger partial charge is 0.499 e. The molecule has 1 aromatic heterocycles. The molecule has 0 saturated heterocycles. The Labute approximate surface area is 94.2 Å². The van der Waals surface area contributed by atoms with Gasteiger partial charge in [0, 0.05) is 0 Å². The fraction of sp³-hybridized carbons (Fsp3) is 0.600. The highest BCUT2D eigenvalue weighted by atomic mass is 16.5. The Kier molecular flexibility index (Phi) is 4.94. The number of ether oxygens (including phenoxy) is 1. The molecule has 1 atom stereocenters. The predicted molar refractivity (Wildman–Crippen MR) is 57.5 cm³/mol. The molecule has 0 saturated carbocycles. The van der Waals surface area contributed by atoms with Gasteiger partial charge in [-0.2, -0.15) is 0 Å². The van der Waals surface area contributed by atoms with Crippen LogP contribution in [0.4, 0.5) is 0 Å². The van der Waals surface area contributed by atoms with E-state index in [1.165, 1.54) is 10.9 Å². The Balaban J connectivity index is 2.52. The minimum absolute atomic E-state index is 0.138. The monoisotopic (exact) mass is 227 g/mol. The lowest BCUT2D eigenvalue weighted by molar-refractivity contribution is 0.0665. The Bertz CT molecular complexity index is 349. The third-order valence-corrected chi connectivity index (χ3v) is 2.09. The highest BCUT2D eigenvalue weighted by Crippen LogP contribution is 2.04. The molecule has 0 amide bonds. The summed E-state index contributed by atoms with van der Waals surface area (Å²) < 4.78 is 6.53. The van der Waals surface area contributed by atoms with Crippen molar-refractivity contribution in [3.63, 3.8) is 0 Å². The van der Waals surface area contributed by atoms with Crippen molar-refractivity contribution in [1.29, 1.82) is 0 Å². The summed E-state index contributed by atoms with van der Waals surface area (Å²) in [6, 6.07) is 0. The van der Waals surface area contributed by atoms with E-state index in [4.69, 9.17) is 9.84 Å². The van der Waals surface area contributed by atoms with Gasteiger partial charge in [0.05, 0.1) is 30.8 Å². The molecule has 0 aromatic carbocycles. The second kappa shape index (κ2) is 6.24. The van der Waals surface area contributed by atoms with Gasteiger partial charge in [-0.1, -0.05) is 11.3 Å². The van der Waals surface area contributed by atoms with Crippen molar-refractivity contribution in [3.05, 3.63) is 23.7 Å². The highest BCUT2D eigenvalue weighted by molar-refractivity contribution is 5.06. The Hall–Kier alpha value is -1.40. The van der Waals surface area contributed by atoms with Gasteiger partial charge >= 0.3 is 0 Å². The zero-order chi connectivity index (χ0) is 12.0. The van der Waals surface area contributed by atoms with E-state index < -0.39 is 6.10 Å². The van der Waals surface area contributed by atoms with Crippen LogP contribution in [-0.2, 0) is 17.9 Å². The summed E-state index contributed by atoms with van der Waals surface area (Å²) in [7, 11) is 0. The lowest BCUT2D eigenvalue weighted by Crippen LogP contribution is -2.23. The van der Waals surface area contributed by atoms with Crippen molar-refractivity contribution >= 4 is 0 Å². The lowest BCUT2D eigenvalue weighted by atomic mass is 10.3. The van der Waals surface area contributed by atoms with Crippen LogP contribution in [-0.4, -0.2) is 37.9 Å². The molecule has 0 radical (unpaired) electrons. The molecule has 16 heavy (non-hydrogen) atoms. The molecule has 1 unspecified atom stereocenters. The summed E-state index contributed by atoms with van der Waals surface area (Å²) >= 11 is 0. The third-order valence-electron chi connectivity index (χ3n) is 2.09. The number of aliphatic hydroxyl groups excluding tert-OH is 2. The van der Waals surface area contributed by atoms with Crippen molar-refractivity contribution in [3.8, 4) is 0 Å². The molecular formula is C10H17N3O3. The maximum absolute atomic E-state index is 9.63. The SMILES string of the molecule is C/C=C/OCC(O)Cn1nnc(C)c1CO. The second-order valence-corrected chi connectivity index (χ2v) is 3.42. The van der Waals surface area contributed by atoms with Crippen LogP contribution in [0.15, 0.2) is 12.3 Å². The van der Waals surface area contributed by atoms with E-state index in [1.807, 2.05) is 6.92 Å². The van der Waals surface area contributed by atoms with Gasteiger partial charge < -0.3 is 14.9 Å². The lowest BCUT2D eigenvalue weighted by Gasteiger charge is -2.11. The van der Waals surface area contributed by atoms with Crippen LogP contribution in [0.25, 0.3) is 0 Å². The fourth-order valence-electron chi connectivity index (χ4n) is 1.28. The molecule has 0 aliphatic heterocycles. The van der Waals surface area contributed by atoms with Gasteiger partial charge in [0.15, 0.2) is 0 Å². The fourth-order valence-corrected chi connectivity index (χ4v) is 1.28. The third kappa shape index (κ3) is 3.32. The van der Waals surface area contributed by atoms with Crippen LogP contribution in [0.3, 0.4) is 0 Å². The molecule has 0 bridgehead atoms. The molecule has 6 heteroatoms. The molecule has 6 nitrogen and oxygen atoms in total. The summed E-state index contributed by atoms with van der Waals surface area (Å²) in [5.74, 6) is 0. The van der Waals surface area contributed by atoms with Crippen LogP contribution in [0, 0.1) is 6.92 Å². The Morgan fingerprint density at radius 1 is 1.56 bits per heavy atom. The van der Waals surface area contributed by atoms with Crippen LogP contribution < -0.4 is 0 Å². The normalized spacial score (nSPS) is 13.2. The molecule has 1 rings (SSSR count). The van der Waals surface area contributed by atoms with Crippen molar-refractivity contribution in [1.82, 2.24) is 15.0 Å². The predicted octanol–water partition coefficient (Wildman–Crippen LogP) is -0.0101. The molecule has 1 aromatic rings. The number of hydrogen-bond donors (Lipinski definition) is 2. The Morgan fingerprint density at radius 2 is 2.31 bits per heavy atom. The quantitative estimate of drug-likeness (QED) is 0.668. The van der Waals surface area contributed by atoms with Crippen LogP contribution >= 0.6 is 0 Å². The van der Waals surface area contributed by atoms with E-state index in [1.54, 1.807) is 13.0 Å². The minimum atomic E-state index is -0.678. The first-order chi connectivity index (χ1) is 7.69. The van der Waals surface area contributed by atoms with Gasteiger partial charge in [0.2, 0.25) is 0 Å². The zero-order valence-corrected chi connectivity index (χ0v) is 9.50.